The van der Waals surface area contributed by atoms with Crippen LogP contribution in [0.5, 0.6) is 5.75 Å². The number of anilines is 1. The molecule has 0 unspecified atom stereocenters. The van der Waals surface area contributed by atoms with Gasteiger partial charge < -0.3 is 9.84 Å². The molecular weight excluding hydrogens is 439 g/mol. The Hall–Kier alpha value is -2.30. The van der Waals surface area contributed by atoms with Gasteiger partial charge in [-0.15, -0.1) is 24.5 Å². The minimum absolute atomic E-state index is 0.0556. The highest BCUT2D eigenvalue weighted by Gasteiger charge is 2.31. The minimum atomic E-state index is -4.84. The minimum Gasteiger partial charge on any atom is -0.406 e. The summed E-state index contributed by atoms with van der Waals surface area (Å²) in [5.41, 5.74) is 1.12. The molecule has 3 rings (SSSR count). The Morgan fingerprint density at radius 3 is 2.53 bits per heavy atom. The summed E-state index contributed by atoms with van der Waals surface area (Å²) in [7, 11) is -3.83. The van der Waals surface area contributed by atoms with E-state index in [2.05, 4.69) is 4.74 Å². The topological polar surface area (TPSA) is 66.8 Å². The van der Waals surface area contributed by atoms with Crippen LogP contribution in [0.25, 0.3) is 10.1 Å². The maximum atomic E-state index is 13.0. The summed E-state index contributed by atoms with van der Waals surface area (Å²) in [5, 5.41) is 10.5. The molecule has 0 fully saturated rings. The molecule has 0 saturated carbocycles. The van der Waals surface area contributed by atoms with Crippen molar-refractivity contribution in [2.24, 2.45) is 0 Å². The number of aliphatic hydroxyl groups is 1. The van der Waals surface area contributed by atoms with Crippen molar-refractivity contribution in [1.82, 2.24) is 0 Å². The second kappa shape index (κ2) is 8.83. The molecular formula is C20H20F3NO4S2. The van der Waals surface area contributed by atoms with E-state index >= 15 is 0 Å². The Bertz CT molecular complexity index is 1130. The molecule has 10 heteroatoms. The standard InChI is InChI=1S/C20H20F3NO4S2/c1-14-17-8-2-3-9-18(17)29-19(14)24(30(26,27)11-5-10-25)13-15-6-4-7-16(12-15)28-20(21,22)23/h2-4,6-9,12,25H,5,10-11,13H2,1H3. The van der Waals surface area contributed by atoms with E-state index in [1.165, 1.54) is 27.8 Å². The summed E-state index contributed by atoms with van der Waals surface area (Å²) in [6.45, 7) is 1.37. The molecule has 0 bridgehead atoms. The number of benzene rings is 2. The molecule has 0 aliphatic carbocycles. The summed E-state index contributed by atoms with van der Waals surface area (Å²) >= 11 is 1.30. The molecule has 0 spiro atoms. The first kappa shape index (κ1) is 22.4. The number of nitrogens with zero attached hydrogens (tertiary/aromatic N) is 1. The molecule has 0 radical (unpaired) electrons. The van der Waals surface area contributed by atoms with Crippen LogP contribution in [0.15, 0.2) is 48.5 Å². The van der Waals surface area contributed by atoms with Crippen molar-refractivity contribution in [2.45, 2.75) is 26.3 Å². The molecule has 5 nitrogen and oxygen atoms in total. The number of hydrogen-bond donors (Lipinski definition) is 1. The Morgan fingerprint density at radius 1 is 1.13 bits per heavy atom. The van der Waals surface area contributed by atoms with E-state index in [0.717, 1.165) is 21.7 Å². The largest absolute Gasteiger partial charge is 0.573 e. The molecule has 162 valence electrons. The average Bonchev–Trinajstić information content (AvgIpc) is 3.00. The van der Waals surface area contributed by atoms with Crippen molar-refractivity contribution in [3.63, 3.8) is 0 Å². The lowest BCUT2D eigenvalue weighted by atomic mass is 10.2. The van der Waals surface area contributed by atoms with Crippen LogP contribution >= 0.6 is 11.3 Å². The van der Waals surface area contributed by atoms with Crippen molar-refractivity contribution in [3.8, 4) is 5.75 Å². The number of aliphatic hydroxyl groups excluding tert-OH is 1. The quantitative estimate of drug-likeness (QED) is 0.524. The van der Waals surface area contributed by atoms with Gasteiger partial charge in [-0.2, -0.15) is 0 Å². The van der Waals surface area contributed by atoms with Crippen LogP contribution in [0.2, 0.25) is 0 Å². The predicted octanol–water partition coefficient (Wildman–Crippen LogP) is 4.83. The zero-order chi connectivity index (χ0) is 21.9. The van der Waals surface area contributed by atoms with E-state index < -0.39 is 22.1 Å². The molecule has 1 heterocycles. The van der Waals surface area contributed by atoms with Crippen LogP contribution < -0.4 is 9.04 Å². The van der Waals surface area contributed by atoms with Crippen LogP contribution in [0.1, 0.15) is 17.5 Å². The highest BCUT2D eigenvalue weighted by Crippen LogP contribution is 2.39. The lowest BCUT2D eigenvalue weighted by molar-refractivity contribution is -0.274. The number of ether oxygens (including phenoxy) is 1. The Labute approximate surface area is 176 Å². The summed E-state index contributed by atoms with van der Waals surface area (Å²) in [6.07, 6.45) is -4.78. The Morgan fingerprint density at radius 2 is 1.87 bits per heavy atom. The van der Waals surface area contributed by atoms with Crippen LogP contribution in [-0.2, 0) is 16.6 Å². The third kappa shape index (κ3) is 5.24. The SMILES string of the molecule is Cc1c(N(Cc2cccc(OC(F)(F)F)c2)S(=O)(=O)CCCO)sc2ccccc12. The zero-order valence-electron chi connectivity index (χ0n) is 16.0. The number of fused-ring (bicyclic) bond motifs is 1. The first-order valence-electron chi connectivity index (χ1n) is 9.05. The summed E-state index contributed by atoms with van der Waals surface area (Å²) in [4.78, 5) is 0. The number of hydrogen-bond acceptors (Lipinski definition) is 5. The smallest absolute Gasteiger partial charge is 0.406 e. The molecule has 0 amide bonds. The van der Waals surface area contributed by atoms with E-state index in [-0.39, 0.29) is 25.3 Å². The summed E-state index contributed by atoms with van der Waals surface area (Å²) in [6, 6.07) is 12.7. The highest BCUT2D eigenvalue weighted by molar-refractivity contribution is 7.93. The van der Waals surface area contributed by atoms with Gasteiger partial charge in [0, 0.05) is 11.3 Å². The fourth-order valence-electron chi connectivity index (χ4n) is 3.06. The van der Waals surface area contributed by atoms with Gasteiger partial charge in [0.1, 0.15) is 10.8 Å². The van der Waals surface area contributed by atoms with Gasteiger partial charge in [-0.3, -0.25) is 4.31 Å². The maximum absolute atomic E-state index is 13.0. The van der Waals surface area contributed by atoms with Crippen molar-refractivity contribution >= 4 is 36.4 Å². The van der Waals surface area contributed by atoms with Crippen molar-refractivity contribution in [3.05, 3.63) is 59.7 Å². The van der Waals surface area contributed by atoms with Crippen molar-refractivity contribution in [2.75, 3.05) is 16.7 Å². The van der Waals surface area contributed by atoms with Gasteiger partial charge in [-0.05, 0) is 48.1 Å². The molecule has 2 aromatic carbocycles. The molecule has 30 heavy (non-hydrogen) atoms. The number of halogens is 3. The summed E-state index contributed by atoms with van der Waals surface area (Å²) < 4.78 is 69.8. The van der Waals surface area contributed by atoms with Crippen LogP contribution in [0, 0.1) is 6.92 Å². The van der Waals surface area contributed by atoms with Crippen LogP contribution in [0.4, 0.5) is 18.2 Å². The normalized spacial score (nSPS) is 12.3. The number of rotatable bonds is 8. The molecule has 0 aliphatic heterocycles. The van der Waals surface area contributed by atoms with Gasteiger partial charge in [-0.1, -0.05) is 30.3 Å². The monoisotopic (exact) mass is 459 g/mol. The number of aryl methyl sites for hydroxylation is 1. The van der Waals surface area contributed by atoms with Crippen LogP contribution in [-0.4, -0.2) is 32.2 Å². The highest BCUT2D eigenvalue weighted by atomic mass is 32.2. The maximum Gasteiger partial charge on any atom is 0.573 e. The van der Waals surface area contributed by atoms with Gasteiger partial charge in [0.25, 0.3) is 0 Å². The van der Waals surface area contributed by atoms with Gasteiger partial charge in [0.2, 0.25) is 10.0 Å². The van der Waals surface area contributed by atoms with Gasteiger partial charge in [0.05, 0.1) is 12.3 Å². The lowest BCUT2D eigenvalue weighted by Gasteiger charge is -2.24. The van der Waals surface area contributed by atoms with E-state index in [9.17, 15) is 21.6 Å². The van der Waals surface area contributed by atoms with Gasteiger partial charge >= 0.3 is 6.36 Å². The average molecular weight is 460 g/mol. The predicted molar refractivity (Wildman–Crippen MR) is 111 cm³/mol. The second-order valence-electron chi connectivity index (χ2n) is 6.62. The number of alkyl halides is 3. The number of sulfonamides is 1. The first-order valence-corrected chi connectivity index (χ1v) is 11.5. The van der Waals surface area contributed by atoms with Crippen LogP contribution in [0.3, 0.4) is 0 Å². The molecule has 0 aliphatic rings. The van der Waals surface area contributed by atoms with E-state index in [1.54, 1.807) is 6.07 Å². The van der Waals surface area contributed by atoms with E-state index in [0.29, 0.717) is 10.6 Å². The molecule has 1 aromatic heterocycles. The summed E-state index contributed by atoms with van der Waals surface area (Å²) in [5.74, 6) is -0.698. The van der Waals surface area contributed by atoms with Crippen molar-refractivity contribution < 1.29 is 31.4 Å². The number of thiophene rings is 1. The molecule has 1 N–H and O–H groups in total. The Kier molecular flexibility index (Phi) is 6.59. The first-order chi connectivity index (χ1) is 14.1. The molecule has 0 atom stereocenters. The van der Waals surface area contributed by atoms with E-state index in [1.807, 2.05) is 31.2 Å². The molecule has 3 aromatic rings. The third-order valence-electron chi connectivity index (χ3n) is 4.40. The fraction of sp³-hybridized carbons (Fsp3) is 0.300. The van der Waals surface area contributed by atoms with Crippen molar-refractivity contribution in [1.29, 1.82) is 0 Å². The molecule has 0 saturated heterocycles. The Balaban J connectivity index is 2.03. The lowest BCUT2D eigenvalue weighted by Crippen LogP contribution is -2.32. The fourth-order valence-corrected chi connectivity index (χ4v) is 6.08. The second-order valence-corrected chi connectivity index (χ2v) is 9.67. The van der Waals surface area contributed by atoms with Gasteiger partial charge in [-0.25, -0.2) is 8.42 Å². The zero-order valence-corrected chi connectivity index (χ0v) is 17.6. The third-order valence-corrected chi connectivity index (χ3v) is 7.60. The van der Waals surface area contributed by atoms with Gasteiger partial charge in [0.15, 0.2) is 0 Å². The van der Waals surface area contributed by atoms with E-state index in [4.69, 9.17) is 5.11 Å².